The number of benzene rings is 1. The number of nitrogens with zero attached hydrogens (tertiary/aromatic N) is 3. The molecule has 0 radical (unpaired) electrons. The monoisotopic (exact) mass is 631 g/mol. The zero-order chi connectivity index (χ0) is 29.4. The molecule has 41 heavy (non-hydrogen) atoms. The van der Waals surface area contributed by atoms with Gasteiger partial charge in [-0.15, -0.1) is 17.0 Å². The van der Waals surface area contributed by atoms with Gasteiger partial charge >= 0.3 is 0 Å². The highest BCUT2D eigenvalue weighted by Gasteiger charge is 2.34. The maximum atomic E-state index is 13.8. The molecule has 0 atom stereocenters. The number of anilines is 1. The van der Waals surface area contributed by atoms with Crippen LogP contribution in [0.15, 0.2) is 18.2 Å². The number of carbonyl (C=O) groups excluding carboxylic acids is 2. The quantitative estimate of drug-likeness (QED) is 0.372. The Kier molecular flexibility index (Phi) is 9.75. The van der Waals surface area contributed by atoms with Gasteiger partial charge in [0.25, 0.3) is 5.91 Å². The number of hydrogen-bond acceptors (Lipinski definition) is 8. The molecular formula is C30H42BrN5O5. The van der Waals surface area contributed by atoms with Gasteiger partial charge in [-0.3, -0.25) is 15.0 Å². The number of carbonyl (C=O) groups is 2. The van der Waals surface area contributed by atoms with Gasteiger partial charge in [0.15, 0.2) is 17.2 Å². The summed E-state index contributed by atoms with van der Waals surface area (Å²) in [6, 6.07) is 5.51. The van der Waals surface area contributed by atoms with E-state index in [9.17, 15) is 14.7 Å². The van der Waals surface area contributed by atoms with Crippen LogP contribution >= 0.6 is 17.0 Å². The number of pyridine rings is 1. The average Bonchev–Trinajstić information content (AvgIpc) is 3.20. The normalized spacial score (nSPS) is 16.1. The number of Topliss-reactive ketones (excluding diaryl/α,β-unsaturated/α-hetero) is 1. The molecule has 2 aromatic rings. The number of aliphatic hydroxyl groups is 1. The van der Waals surface area contributed by atoms with E-state index in [-0.39, 0.29) is 46.3 Å². The van der Waals surface area contributed by atoms with E-state index in [1.807, 2.05) is 26.0 Å². The number of hydrogen-bond donors (Lipinski definition) is 3. The maximum absolute atomic E-state index is 13.8. The number of ketones is 1. The van der Waals surface area contributed by atoms with Gasteiger partial charge in [-0.25, -0.2) is 4.98 Å². The fraction of sp³-hybridized carbons (Fsp3) is 0.533. The average molecular weight is 633 g/mol. The minimum atomic E-state index is -0.705. The van der Waals surface area contributed by atoms with Crippen LogP contribution in [0.1, 0.15) is 85.1 Å². The molecule has 224 valence electrons. The Morgan fingerprint density at radius 2 is 1.85 bits per heavy atom. The minimum absolute atomic E-state index is 0. The summed E-state index contributed by atoms with van der Waals surface area (Å²) >= 11 is 0. The summed E-state index contributed by atoms with van der Waals surface area (Å²) in [5.41, 5.74) is 2.54. The Bertz CT molecular complexity index is 1330. The molecule has 0 unspecified atom stereocenters. The molecule has 1 fully saturated rings. The lowest BCUT2D eigenvalue weighted by atomic mass is 9.83. The smallest absolute Gasteiger partial charge is 0.273 e. The van der Waals surface area contributed by atoms with E-state index in [0.717, 1.165) is 22.6 Å². The molecule has 2 aliphatic heterocycles. The molecule has 1 aromatic heterocycles. The Morgan fingerprint density at radius 3 is 2.41 bits per heavy atom. The minimum Gasteiger partial charge on any atom is -0.494 e. The molecule has 0 bridgehead atoms. The molecule has 1 saturated heterocycles. The van der Waals surface area contributed by atoms with Crippen molar-refractivity contribution in [3.05, 3.63) is 46.3 Å². The third kappa shape index (κ3) is 6.67. The summed E-state index contributed by atoms with van der Waals surface area (Å²) in [7, 11) is 3.17. The highest BCUT2D eigenvalue weighted by molar-refractivity contribution is 8.93. The predicted octanol–water partition coefficient (Wildman–Crippen LogP) is 4.10. The van der Waals surface area contributed by atoms with E-state index in [0.29, 0.717) is 56.1 Å². The lowest BCUT2D eigenvalue weighted by Gasteiger charge is -2.38. The first-order valence-corrected chi connectivity index (χ1v) is 13.7. The van der Waals surface area contributed by atoms with Gasteiger partial charge in [0.1, 0.15) is 17.3 Å². The number of nitrogens with one attached hydrogen (secondary N) is 2. The molecule has 11 heteroatoms. The lowest BCUT2D eigenvalue weighted by molar-refractivity contribution is 0.0350. The summed E-state index contributed by atoms with van der Waals surface area (Å²) in [5, 5.41) is 21.8. The lowest BCUT2D eigenvalue weighted by Crippen LogP contribution is -2.42. The summed E-state index contributed by atoms with van der Waals surface area (Å²) in [5.74, 6) is 0.665. The third-order valence-corrected chi connectivity index (χ3v) is 7.63. The molecule has 4 rings (SSSR count). The van der Waals surface area contributed by atoms with E-state index in [2.05, 4.69) is 36.0 Å². The van der Waals surface area contributed by atoms with Crippen LogP contribution in [0.3, 0.4) is 0 Å². The Balaban J connectivity index is 0.00000462. The predicted molar refractivity (Wildman–Crippen MR) is 164 cm³/mol. The van der Waals surface area contributed by atoms with Crippen LogP contribution in [-0.4, -0.2) is 78.5 Å². The zero-order valence-electron chi connectivity index (χ0n) is 25.0. The Hall–Kier alpha value is -3.18. The second-order valence-electron chi connectivity index (χ2n) is 11.8. The number of halogens is 1. The number of amidine groups is 1. The molecule has 0 saturated carbocycles. The van der Waals surface area contributed by atoms with Crippen LogP contribution in [0.2, 0.25) is 0 Å². The third-order valence-electron chi connectivity index (χ3n) is 7.63. The van der Waals surface area contributed by atoms with E-state index in [1.54, 1.807) is 18.1 Å². The molecule has 1 aromatic carbocycles. The number of piperidine rings is 1. The van der Waals surface area contributed by atoms with Gasteiger partial charge in [0.05, 0.1) is 31.5 Å². The summed E-state index contributed by atoms with van der Waals surface area (Å²) < 4.78 is 11.5. The fourth-order valence-corrected chi connectivity index (χ4v) is 5.25. The number of amides is 1. The van der Waals surface area contributed by atoms with Crippen molar-refractivity contribution < 1.29 is 24.2 Å². The van der Waals surface area contributed by atoms with E-state index in [4.69, 9.17) is 14.9 Å². The van der Waals surface area contributed by atoms with Crippen molar-refractivity contribution >= 4 is 40.2 Å². The van der Waals surface area contributed by atoms with Crippen molar-refractivity contribution in [1.82, 2.24) is 15.2 Å². The second-order valence-corrected chi connectivity index (χ2v) is 11.8. The van der Waals surface area contributed by atoms with Crippen molar-refractivity contribution in [2.45, 2.75) is 65.0 Å². The van der Waals surface area contributed by atoms with Crippen molar-refractivity contribution in [3.8, 4) is 11.5 Å². The molecule has 1 amide bonds. The van der Waals surface area contributed by atoms with Gasteiger partial charge in [-0.2, -0.15) is 0 Å². The molecule has 0 aliphatic carbocycles. The van der Waals surface area contributed by atoms with Crippen molar-refractivity contribution in [1.29, 1.82) is 5.41 Å². The summed E-state index contributed by atoms with van der Waals surface area (Å²) in [6.45, 7) is 11.9. The first kappa shape index (κ1) is 32.3. The van der Waals surface area contributed by atoms with E-state index in [1.165, 1.54) is 7.05 Å². The highest BCUT2D eigenvalue weighted by atomic mass is 79.9. The first-order valence-electron chi connectivity index (χ1n) is 13.7. The summed E-state index contributed by atoms with van der Waals surface area (Å²) in [4.78, 5) is 34.5. The zero-order valence-corrected chi connectivity index (χ0v) is 26.7. The van der Waals surface area contributed by atoms with Crippen LogP contribution in [-0.2, 0) is 12.0 Å². The van der Waals surface area contributed by atoms with Crippen LogP contribution in [0, 0.1) is 5.41 Å². The van der Waals surface area contributed by atoms with Crippen molar-refractivity contribution in [2.75, 3.05) is 45.3 Å². The van der Waals surface area contributed by atoms with Crippen LogP contribution < -0.4 is 19.7 Å². The van der Waals surface area contributed by atoms with E-state index >= 15 is 0 Å². The molecule has 3 heterocycles. The van der Waals surface area contributed by atoms with Gasteiger partial charge in [-0.05, 0) is 50.3 Å². The van der Waals surface area contributed by atoms with Crippen molar-refractivity contribution in [3.63, 3.8) is 0 Å². The fourth-order valence-electron chi connectivity index (χ4n) is 5.25. The van der Waals surface area contributed by atoms with Gasteiger partial charge in [0.2, 0.25) is 0 Å². The Labute approximate surface area is 252 Å². The van der Waals surface area contributed by atoms with Crippen LogP contribution in [0.25, 0.3) is 0 Å². The second kappa shape index (κ2) is 12.4. The molecule has 2 aliphatic rings. The highest BCUT2D eigenvalue weighted by Crippen LogP contribution is 2.42. The number of aromatic nitrogens is 1. The molecular weight excluding hydrogens is 590 g/mol. The molecule has 0 spiro atoms. The molecule has 3 N–H and O–H groups in total. The SMILES string of the molecule is Br.CCOc1cc2c(nc1C(=O)NC)C(=N)N(CC(=O)c1cc(N3CCC(C)(O)CC3)c(OC)c(C(C)(C)C)c1)C2. The van der Waals surface area contributed by atoms with Gasteiger partial charge in [-0.1, -0.05) is 20.8 Å². The van der Waals surface area contributed by atoms with Gasteiger partial charge < -0.3 is 29.7 Å². The van der Waals surface area contributed by atoms with Gasteiger partial charge in [0, 0.05) is 43.4 Å². The Morgan fingerprint density at radius 1 is 1.20 bits per heavy atom. The largest absolute Gasteiger partial charge is 0.494 e. The molecule has 10 nitrogen and oxygen atoms in total. The standard InChI is InChI=1S/C30H41N5O5.BrH/c1-8-40-23-15-19-16-35(27(31)24(19)33-25(23)28(37)32-6)17-22(36)18-13-20(29(2,3)4)26(39-7)21(14-18)34-11-9-30(5,38)10-12-34;/h13-15,31,38H,8-12,16-17H2,1-7H3,(H,32,37);1H. The number of ether oxygens (including phenoxy) is 2. The number of rotatable bonds is 8. The van der Waals surface area contributed by atoms with Crippen molar-refractivity contribution in [2.24, 2.45) is 0 Å². The first-order chi connectivity index (χ1) is 18.8. The topological polar surface area (TPSA) is 128 Å². The van der Waals surface area contributed by atoms with Crippen LogP contribution in [0.5, 0.6) is 11.5 Å². The number of methoxy groups -OCH3 is 1. The maximum Gasteiger partial charge on any atom is 0.273 e. The summed E-state index contributed by atoms with van der Waals surface area (Å²) in [6.07, 6.45) is 1.24. The van der Waals surface area contributed by atoms with E-state index < -0.39 is 11.5 Å². The number of fused-ring (bicyclic) bond motifs is 1. The van der Waals surface area contributed by atoms with Crippen LogP contribution in [0.4, 0.5) is 5.69 Å².